The molecule has 3 heterocycles. The molecule has 4 rings (SSSR count). The molecular weight excluding hydrogens is 534 g/mol. The van der Waals surface area contributed by atoms with Crippen LogP contribution in [-0.2, 0) is 19.1 Å². The molecule has 1 fully saturated rings. The molecule has 0 atom stereocenters. The van der Waals surface area contributed by atoms with E-state index in [9.17, 15) is 14.4 Å². The summed E-state index contributed by atoms with van der Waals surface area (Å²) in [7, 11) is 1.52. The van der Waals surface area contributed by atoms with Crippen LogP contribution in [-0.4, -0.2) is 60.4 Å². The Kier molecular flexibility index (Phi) is 8.94. The highest BCUT2D eigenvalue weighted by molar-refractivity contribution is 8.14. The minimum atomic E-state index is -0.321. The number of carbonyl (C=O) groups is 3. The average Bonchev–Trinajstić information content (AvgIpc) is 3.44. The predicted octanol–water partition coefficient (Wildman–Crippen LogP) is 5.00. The summed E-state index contributed by atoms with van der Waals surface area (Å²) in [5.74, 6) is -0.208. The molecule has 0 N–H and O–H groups in total. The summed E-state index contributed by atoms with van der Waals surface area (Å²) < 4.78 is 10.6. The molecule has 37 heavy (non-hydrogen) atoms. The lowest BCUT2D eigenvalue weighted by Gasteiger charge is -2.31. The first-order chi connectivity index (χ1) is 17.8. The number of hydrogen-bond acceptors (Lipinski definition) is 8. The summed E-state index contributed by atoms with van der Waals surface area (Å²) in [5.41, 5.74) is 1.79. The third-order valence-corrected chi connectivity index (χ3v) is 8.30. The smallest absolute Gasteiger partial charge is 0.309 e. The van der Waals surface area contributed by atoms with Crippen molar-refractivity contribution in [3.8, 4) is 5.75 Å². The number of likely N-dealkylation sites (tertiary alicyclic amines) is 1. The zero-order valence-electron chi connectivity index (χ0n) is 20.9. The molecule has 0 unspecified atom stereocenters. The monoisotopic (exact) mass is 561 g/mol. The van der Waals surface area contributed by atoms with Crippen molar-refractivity contribution in [1.29, 1.82) is 0 Å². The van der Waals surface area contributed by atoms with Crippen LogP contribution >= 0.6 is 34.7 Å². The number of thioether (sulfide) groups is 1. The number of carbonyl (C=O) groups excluding carboxylic acids is 3. The van der Waals surface area contributed by atoms with E-state index in [1.807, 2.05) is 18.4 Å². The highest BCUT2D eigenvalue weighted by atomic mass is 35.5. The van der Waals surface area contributed by atoms with Gasteiger partial charge in [0.15, 0.2) is 5.17 Å². The van der Waals surface area contributed by atoms with Gasteiger partial charge in [0.25, 0.3) is 5.91 Å². The number of nitrogens with zero attached hydrogens (tertiary/aromatic N) is 3. The molecule has 196 valence electrons. The number of amidine groups is 1. The number of aryl methyl sites for hydroxylation is 1. The Balaban J connectivity index is 1.53. The number of benzene rings is 1. The van der Waals surface area contributed by atoms with E-state index < -0.39 is 0 Å². The number of rotatable bonds is 7. The van der Waals surface area contributed by atoms with Crippen LogP contribution in [0.15, 0.2) is 40.3 Å². The number of ether oxygens (including phenoxy) is 2. The van der Waals surface area contributed by atoms with Crippen molar-refractivity contribution in [2.24, 2.45) is 10.9 Å². The lowest BCUT2D eigenvalue weighted by molar-refractivity contribution is -0.151. The first kappa shape index (κ1) is 27.2. The van der Waals surface area contributed by atoms with Crippen molar-refractivity contribution in [1.82, 2.24) is 4.90 Å². The Bertz CT molecular complexity index is 1250. The third kappa shape index (κ3) is 6.19. The minimum Gasteiger partial charge on any atom is -0.495 e. The Morgan fingerprint density at radius 1 is 1.27 bits per heavy atom. The topological polar surface area (TPSA) is 88.5 Å². The fraction of sp³-hybridized carbons (Fsp3) is 0.385. The van der Waals surface area contributed by atoms with Gasteiger partial charge in [0.05, 0.1) is 31.1 Å². The SMILES string of the molecule is CCOC(=O)C1CCN(C(=O)CSC2=NC(=Cc3sccc3C)C(=O)N2c2cc(Cl)ccc2OC)CC1. The Morgan fingerprint density at radius 3 is 2.68 bits per heavy atom. The molecule has 2 amide bonds. The van der Waals surface area contributed by atoms with Gasteiger partial charge < -0.3 is 14.4 Å². The van der Waals surface area contributed by atoms with Crippen molar-refractivity contribution in [2.75, 3.05) is 37.5 Å². The number of esters is 1. The van der Waals surface area contributed by atoms with Gasteiger partial charge >= 0.3 is 5.97 Å². The average molecular weight is 562 g/mol. The van der Waals surface area contributed by atoms with E-state index in [1.165, 1.54) is 35.1 Å². The lowest BCUT2D eigenvalue weighted by Crippen LogP contribution is -2.42. The molecule has 2 aliphatic heterocycles. The second kappa shape index (κ2) is 12.1. The van der Waals surface area contributed by atoms with Gasteiger partial charge in [-0.25, -0.2) is 9.89 Å². The zero-order chi connectivity index (χ0) is 26.5. The van der Waals surface area contributed by atoms with Crippen molar-refractivity contribution in [3.63, 3.8) is 0 Å². The number of anilines is 1. The van der Waals surface area contributed by atoms with Crippen LogP contribution < -0.4 is 9.64 Å². The van der Waals surface area contributed by atoms with Crippen LogP contribution in [0, 0.1) is 12.8 Å². The maximum atomic E-state index is 13.5. The predicted molar refractivity (Wildman–Crippen MR) is 148 cm³/mol. The first-order valence-corrected chi connectivity index (χ1v) is 14.2. The van der Waals surface area contributed by atoms with Crippen LogP contribution in [0.3, 0.4) is 0 Å². The van der Waals surface area contributed by atoms with E-state index in [0.29, 0.717) is 54.2 Å². The molecule has 1 aromatic carbocycles. The van der Waals surface area contributed by atoms with E-state index in [2.05, 4.69) is 4.99 Å². The van der Waals surface area contributed by atoms with E-state index in [0.717, 1.165) is 10.4 Å². The van der Waals surface area contributed by atoms with Gasteiger partial charge in [-0.15, -0.1) is 11.3 Å². The first-order valence-electron chi connectivity index (χ1n) is 11.9. The number of thiophene rings is 1. The van der Waals surface area contributed by atoms with Gasteiger partial charge in [-0.05, 0) is 68.0 Å². The molecule has 2 aliphatic rings. The Hall–Kier alpha value is -2.82. The summed E-state index contributed by atoms with van der Waals surface area (Å²) in [4.78, 5) is 47.3. The van der Waals surface area contributed by atoms with Gasteiger partial charge in [-0.3, -0.25) is 14.4 Å². The summed E-state index contributed by atoms with van der Waals surface area (Å²) in [6.07, 6.45) is 2.92. The zero-order valence-corrected chi connectivity index (χ0v) is 23.3. The number of halogens is 1. The van der Waals surface area contributed by atoms with Crippen LogP contribution in [0.1, 0.15) is 30.2 Å². The largest absolute Gasteiger partial charge is 0.495 e. The third-order valence-electron chi connectivity index (χ3n) is 6.17. The standard InChI is InChI=1S/C26H28ClN3O5S2/c1-4-35-25(33)17-7-10-29(11-8-17)23(31)15-37-26-28-19(14-22-16(2)9-12-36-22)24(32)30(26)20-13-18(27)5-6-21(20)34-3/h5-6,9,12-14,17H,4,7-8,10-11,15H2,1-3H3. The van der Waals surface area contributed by atoms with Crippen LogP contribution in [0.25, 0.3) is 6.08 Å². The van der Waals surface area contributed by atoms with Crippen molar-refractivity contribution in [2.45, 2.75) is 26.7 Å². The fourth-order valence-electron chi connectivity index (χ4n) is 4.14. The van der Waals surface area contributed by atoms with Gasteiger partial charge in [0.1, 0.15) is 11.4 Å². The highest BCUT2D eigenvalue weighted by Crippen LogP contribution is 2.37. The van der Waals surface area contributed by atoms with E-state index in [-0.39, 0.29) is 35.2 Å². The maximum absolute atomic E-state index is 13.5. The molecule has 0 spiro atoms. The molecule has 11 heteroatoms. The molecule has 0 aliphatic carbocycles. The summed E-state index contributed by atoms with van der Waals surface area (Å²) >= 11 is 8.97. The van der Waals surface area contributed by atoms with Gasteiger partial charge in [0.2, 0.25) is 5.91 Å². The lowest BCUT2D eigenvalue weighted by atomic mass is 9.97. The van der Waals surface area contributed by atoms with Crippen LogP contribution in [0.2, 0.25) is 5.02 Å². The normalized spacial score (nSPS) is 17.4. The molecule has 0 bridgehead atoms. The van der Waals surface area contributed by atoms with E-state index >= 15 is 0 Å². The summed E-state index contributed by atoms with van der Waals surface area (Å²) in [6, 6.07) is 7.01. The summed E-state index contributed by atoms with van der Waals surface area (Å²) in [5, 5.41) is 2.78. The van der Waals surface area contributed by atoms with Crippen LogP contribution in [0.5, 0.6) is 5.75 Å². The van der Waals surface area contributed by atoms with Crippen molar-refractivity contribution in [3.05, 3.63) is 50.8 Å². The molecule has 0 saturated carbocycles. The van der Waals surface area contributed by atoms with E-state index in [4.69, 9.17) is 21.1 Å². The number of piperidine rings is 1. The van der Waals surface area contributed by atoms with Crippen molar-refractivity contribution >= 4 is 69.4 Å². The summed E-state index contributed by atoms with van der Waals surface area (Å²) in [6.45, 7) is 5.09. The second-order valence-corrected chi connectivity index (χ2v) is 10.9. The number of amides is 2. The number of methoxy groups -OCH3 is 1. The maximum Gasteiger partial charge on any atom is 0.309 e. The minimum absolute atomic E-state index is 0.0769. The highest BCUT2D eigenvalue weighted by Gasteiger charge is 2.35. The van der Waals surface area contributed by atoms with Gasteiger partial charge in [-0.2, -0.15) is 0 Å². The number of hydrogen-bond donors (Lipinski definition) is 0. The fourth-order valence-corrected chi connectivity index (χ4v) is 6.07. The molecular formula is C26H28ClN3O5S2. The van der Waals surface area contributed by atoms with Gasteiger partial charge in [-0.1, -0.05) is 23.4 Å². The van der Waals surface area contributed by atoms with Crippen LogP contribution in [0.4, 0.5) is 5.69 Å². The molecule has 1 saturated heterocycles. The second-order valence-electron chi connectivity index (χ2n) is 8.54. The molecule has 8 nitrogen and oxygen atoms in total. The Morgan fingerprint density at radius 2 is 2.03 bits per heavy atom. The number of aliphatic imine (C=N–C) groups is 1. The van der Waals surface area contributed by atoms with Gasteiger partial charge in [0, 0.05) is 23.0 Å². The molecule has 1 aromatic heterocycles. The molecule has 2 aromatic rings. The molecule has 0 radical (unpaired) electrons. The van der Waals surface area contributed by atoms with Crippen molar-refractivity contribution < 1.29 is 23.9 Å². The quantitative estimate of drug-likeness (QED) is 0.349. The Labute approximate surface area is 229 Å². The van der Waals surface area contributed by atoms with E-state index in [1.54, 1.807) is 36.1 Å².